The van der Waals surface area contributed by atoms with Gasteiger partial charge in [-0.3, -0.25) is 14.4 Å². The molecule has 0 amide bonds. The molecule has 182 valence electrons. The van der Waals surface area contributed by atoms with Crippen LogP contribution in [0.3, 0.4) is 0 Å². The molecule has 0 saturated heterocycles. The van der Waals surface area contributed by atoms with E-state index in [9.17, 15) is 14.4 Å². The van der Waals surface area contributed by atoms with Gasteiger partial charge in [0.05, 0.1) is 5.92 Å². The molecule has 0 bridgehead atoms. The number of halogens is 3. The number of ketones is 3. The van der Waals surface area contributed by atoms with E-state index in [4.69, 9.17) is 34.8 Å². The molecule has 3 rings (SSSR count). The smallest absolute Gasteiger partial charge is 0.162 e. The third-order valence-corrected chi connectivity index (χ3v) is 7.10. The molecule has 0 aromatic heterocycles. The fourth-order valence-corrected chi connectivity index (χ4v) is 4.98. The Bertz CT molecular complexity index is 974. The van der Waals surface area contributed by atoms with Crippen LogP contribution in [-0.2, 0) is 4.79 Å². The van der Waals surface area contributed by atoms with E-state index in [0.717, 1.165) is 47.9 Å². The Balaban J connectivity index is 1.96. The number of Topliss-reactive ketones (excluding diaryl/α,β-unsaturated/α-hetero) is 3. The zero-order valence-corrected chi connectivity index (χ0v) is 21.8. The highest BCUT2D eigenvalue weighted by Gasteiger charge is 2.34. The second kappa shape index (κ2) is 12.9. The van der Waals surface area contributed by atoms with Crippen molar-refractivity contribution in [2.75, 3.05) is 11.8 Å². The van der Waals surface area contributed by atoms with Crippen LogP contribution in [0.25, 0.3) is 11.1 Å². The summed E-state index contributed by atoms with van der Waals surface area (Å²) < 4.78 is 0. The highest BCUT2D eigenvalue weighted by molar-refractivity contribution is 6.20. The van der Waals surface area contributed by atoms with Gasteiger partial charge < -0.3 is 0 Å². The van der Waals surface area contributed by atoms with E-state index in [1.165, 1.54) is 0 Å². The van der Waals surface area contributed by atoms with Gasteiger partial charge >= 0.3 is 0 Å². The summed E-state index contributed by atoms with van der Waals surface area (Å²) in [6, 6.07) is 11.3. The maximum atomic E-state index is 13.4. The third-order valence-electron chi connectivity index (χ3n) is 6.34. The minimum absolute atomic E-state index is 0.0552. The Labute approximate surface area is 217 Å². The van der Waals surface area contributed by atoms with E-state index >= 15 is 0 Å². The van der Waals surface area contributed by atoms with Crippen LogP contribution in [0.15, 0.2) is 36.4 Å². The van der Waals surface area contributed by atoms with Crippen LogP contribution in [-0.4, -0.2) is 34.5 Å². The van der Waals surface area contributed by atoms with Gasteiger partial charge in [0.1, 0.15) is 5.78 Å². The molecule has 0 N–H and O–H groups in total. The van der Waals surface area contributed by atoms with E-state index in [0.29, 0.717) is 48.6 Å². The molecule has 1 unspecified atom stereocenters. The van der Waals surface area contributed by atoms with Crippen molar-refractivity contribution in [1.82, 2.24) is 0 Å². The Hall–Kier alpha value is -1.68. The van der Waals surface area contributed by atoms with Crippen molar-refractivity contribution in [3.05, 3.63) is 58.7 Å². The molecular weight excluding hydrogens is 491 g/mol. The Morgan fingerprint density at radius 2 is 1.24 bits per heavy atom. The second-order valence-corrected chi connectivity index (χ2v) is 10.5. The van der Waals surface area contributed by atoms with Crippen LogP contribution in [0.2, 0.25) is 0 Å². The predicted molar refractivity (Wildman–Crippen MR) is 141 cm³/mol. The fourth-order valence-electron chi connectivity index (χ4n) is 4.49. The number of hydrogen-bond acceptors (Lipinski definition) is 3. The van der Waals surface area contributed by atoms with E-state index in [1.807, 2.05) is 43.3 Å². The number of rotatable bonds is 14. The van der Waals surface area contributed by atoms with Crippen LogP contribution in [0.5, 0.6) is 0 Å². The lowest BCUT2D eigenvalue weighted by Gasteiger charge is -2.15. The molecule has 1 aliphatic rings. The van der Waals surface area contributed by atoms with Crippen molar-refractivity contribution in [1.29, 1.82) is 0 Å². The molecule has 6 heteroatoms. The Morgan fingerprint density at radius 3 is 1.65 bits per heavy atom. The minimum Gasteiger partial charge on any atom is -0.299 e. The van der Waals surface area contributed by atoms with Gasteiger partial charge in [-0.2, -0.15) is 0 Å². The van der Waals surface area contributed by atoms with Crippen LogP contribution in [0.4, 0.5) is 0 Å². The highest BCUT2D eigenvalue weighted by Crippen LogP contribution is 2.46. The number of alkyl halides is 3. The number of carbonyl (C=O) groups excluding carboxylic acids is 3. The molecule has 0 saturated carbocycles. The third kappa shape index (κ3) is 6.50. The van der Waals surface area contributed by atoms with Crippen molar-refractivity contribution < 1.29 is 14.4 Å². The summed E-state index contributed by atoms with van der Waals surface area (Å²) in [4.78, 5) is 38.9. The van der Waals surface area contributed by atoms with E-state index in [2.05, 4.69) is 0 Å². The van der Waals surface area contributed by atoms with Gasteiger partial charge in [-0.25, -0.2) is 0 Å². The van der Waals surface area contributed by atoms with Crippen LogP contribution in [0.1, 0.15) is 96.1 Å². The number of unbranched alkanes of at least 4 members (excludes halogenated alkanes) is 2. The molecule has 1 aliphatic carbocycles. The van der Waals surface area contributed by atoms with Crippen LogP contribution in [0, 0.1) is 0 Å². The summed E-state index contributed by atoms with van der Waals surface area (Å²) >= 11 is 17.6. The molecule has 3 nitrogen and oxygen atoms in total. The second-order valence-electron chi connectivity index (χ2n) is 8.96. The van der Waals surface area contributed by atoms with E-state index in [1.54, 1.807) is 0 Å². The summed E-state index contributed by atoms with van der Waals surface area (Å²) in [5.41, 5.74) is 4.81. The first-order chi connectivity index (χ1) is 16.4. The normalized spacial score (nSPS) is 13.4. The lowest BCUT2D eigenvalue weighted by Crippen LogP contribution is -2.14. The quantitative estimate of drug-likeness (QED) is 0.144. The SMILES string of the molecule is CC(Cl)CCC(=O)C1c2cc(C(=O)CCCCCl)ccc2-c2ccc(C(=O)CCCCCl)cc21. The number of carbonyl (C=O) groups is 3. The van der Waals surface area contributed by atoms with Crippen molar-refractivity contribution in [3.63, 3.8) is 0 Å². The van der Waals surface area contributed by atoms with Gasteiger partial charge in [-0.1, -0.05) is 24.3 Å². The standard InChI is InChI=1S/C28H31Cl3O3/c1-18(31)8-13-27(34)28-23-16-19(25(32)6-2-4-14-29)9-11-21(23)22-12-10-20(17-24(22)28)26(33)7-3-5-15-30/h9-12,16-18,28H,2-8,13-15H2,1H3. The summed E-state index contributed by atoms with van der Waals surface area (Å²) in [5.74, 6) is 0.752. The maximum Gasteiger partial charge on any atom is 0.162 e. The summed E-state index contributed by atoms with van der Waals surface area (Å²) in [7, 11) is 0. The lowest BCUT2D eigenvalue weighted by atomic mass is 9.87. The van der Waals surface area contributed by atoms with E-state index < -0.39 is 5.92 Å². The van der Waals surface area contributed by atoms with Gasteiger partial charge in [-0.05, 0) is 73.4 Å². The van der Waals surface area contributed by atoms with Crippen molar-refractivity contribution >= 4 is 52.2 Å². The van der Waals surface area contributed by atoms with Gasteiger partial charge in [0.25, 0.3) is 0 Å². The van der Waals surface area contributed by atoms with E-state index in [-0.39, 0.29) is 22.7 Å². The van der Waals surface area contributed by atoms with Gasteiger partial charge in [0, 0.05) is 47.5 Å². The van der Waals surface area contributed by atoms with Crippen molar-refractivity contribution in [3.8, 4) is 11.1 Å². The van der Waals surface area contributed by atoms with Crippen LogP contribution < -0.4 is 0 Å². The molecule has 0 aliphatic heterocycles. The molecule has 34 heavy (non-hydrogen) atoms. The average Bonchev–Trinajstić information content (AvgIpc) is 3.15. The summed E-state index contributed by atoms with van der Waals surface area (Å²) in [5, 5.41) is -0.103. The lowest BCUT2D eigenvalue weighted by molar-refractivity contribution is -0.119. The van der Waals surface area contributed by atoms with Gasteiger partial charge in [0.2, 0.25) is 0 Å². The Morgan fingerprint density at radius 1 is 0.765 bits per heavy atom. The maximum absolute atomic E-state index is 13.4. The summed E-state index contributed by atoms with van der Waals surface area (Å²) in [6.07, 6.45) is 4.86. The molecule has 2 aromatic rings. The first-order valence-electron chi connectivity index (χ1n) is 12.0. The predicted octanol–water partition coefficient (Wildman–Crippen LogP) is 7.96. The molecule has 0 fully saturated rings. The Kier molecular flexibility index (Phi) is 10.2. The van der Waals surface area contributed by atoms with Gasteiger partial charge in [0.15, 0.2) is 11.6 Å². The highest BCUT2D eigenvalue weighted by atomic mass is 35.5. The number of fused-ring (bicyclic) bond motifs is 3. The zero-order valence-electron chi connectivity index (χ0n) is 19.5. The molecule has 0 spiro atoms. The van der Waals surface area contributed by atoms with Crippen LogP contribution >= 0.6 is 34.8 Å². The monoisotopic (exact) mass is 520 g/mol. The largest absolute Gasteiger partial charge is 0.299 e. The summed E-state index contributed by atoms with van der Waals surface area (Å²) in [6.45, 7) is 1.88. The molecule has 2 aromatic carbocycles. The molecule has 0 radical (unpaired) electrons. The fraction of sp³-hybridized carbons (Fsp3) is 0.464. The average molecular weight is 522 g/mol. The molecule has 0 heterocycles. The molecular formula is C28H31Cl3O3. The molecule has 1 atom stereocenters. The zero-order chi connectivity index (χ0) is 24.7. The first kappa shape index (κ1) is 26.9. The van der Waals surface area contributed by atoms with Crippen molar-refractivity contribution in [2.45, 2.75) is 69.6 Å². The first-order valence-corrected chi connectivity index (χ1v) is 13.5. The van der Waals surface area contributed by atoms with Gasteiger partial charge in [-0.15, -0.1) is 34.8 Å². The number of hydrogen-bond donors (Lipinski definition) is 0. The minimum atomic E-state index is -0.494. The topological polar surface area (TPSA) is 51.2 Å². The van der Waals surface area contributed by atoms with Crippen molar-refractivity contribution in [2.24, 2.45) is 0 Å². The number of benzene rings is 2.